The fourth-order valence-corrected chi connectivity index (χ4v) is 4.37. The van der Waals surface area contributed by atoms with Crippen molar-refractivity contribution in [3.63, 3.8) is 0 Å². The lowest BCUT2D eigenvalue weighted by Crippen LogP contribution is -2.23. The Hall–Kier alpha value is -4.37. The Kier molecular flexibility index (Phi) is 7.27. The van der Waals surface area contributed by atoms with Gasteiger partial charge in [0.05, 0.1) is 16.1 Å². The summed E-state index contributed by atoms with van der Waals surface area (Å²) in [6.07, 6.45) is 1.43. The SMILES string of the molecule is Cc1cccc(NC(=O)Nc2cccc(CNC(=O)c3sc(NC(=O)c4ccco4)cc3C)c2)c1. The number of nitrogens with one attached hydrogen (secondary N) is 4. The minimum Gasteiger partial charge on any atom is -0.459 e. The zero-order chi connectivity index (χ0) is 24.8. The van der Waals surface area contributed by atoms with Crippen molar-refractivity contribution in [2.24, 2.45) is 0 Å². The molecule has 0 aliphatic carbocycles. The van der Waals surface area contributed by atoms with Crippen molar-refractivity contribution in [2.75, 3.05) is 16.0 Å². The number of carbonyl (C=O) groups excluding carboxylic acids is 3. The van der Waals surface area contributed by atoms with E-state index in [1.807, 2.05) is 50.2 Å². The highest BCUT2D eigenvalue weighted by Crippen LogP contribution is 2.27. The van der Waals surface area contributed by atoms with Gasteiger partial charge in [-0.25, -0.2) is 4.79 Å². The van der Waals surface area contributed by atoms with E-state index in [1.165, 1.54) is 17.6 Å². The highest BCUT2D eigenvalue weighted by molar-refractivity contribution is 7.18. The van der Waals surface area contributed by atoms with Crippen molar-refractivity contribution >= 4 is 45.6 Å². The van der Waals surface area contributed by atoms with Gasteiger partial charge in [-0.3, -0.25) is 9.59 Å². The third-order valence-corrected chi connectivity index (χ3v) is 6.17. The zero-order valence-electron chi connectivity index (χ0n) is 19.2. The molecule has 0 unspecified atom stereocenters. The number of anilines is 3. The molecular weight excluding hydrogens is 464 g/mol. The Morgan fingerprint density at radius 1 is 0.829 bits per heavy atom. The van der Waals surface area contributed by atoms with E-state index >= 15 is 0 Å². The Bertz CT molecular complexity index is 1360. The minimum atomic E-state index is -0.376. The lowest BCUT2D eigenvalue weighted by atomic mass is 10.2. The number of benzene rings is 2. The first-order valence-corrected chi connectivity index (χ1v) is 11.7. The number of thiophene rings is 1. The molecule has 0 radical (unpaired) electrons. The summed E-state index contributed by atoms with van der Waals surface area (Å²) in [7, 11) is 0. The van der Waals surface area contributed by atoms with E-state index in [0.717, 1.165) is 16.7 Å². The second-order valence-corrected chi connectivity index (χ2v) is 8.94. The van der Waals surface area contributed by atoms with Crippen molar-refractivity contribution in [1.82, 2.24) is 5.32 Å². The molecule has 4 aromatic rings. The smallest absolute Gasteiger partial charge is 0.323 e. The topological polar surface area (TPSA) is 112 Å². The van der Waals surface area contributed by atoms with Gasteiger partial charge in [0.25, 0.3) is 11.8 Å². The number of hydrogen-bond acceptors (Lipinski definition) is 5. The molecule has 0 fully saturated rings. The maximum Gasteiger partial charge on any atom is 0.323 e. The van der Waals surface area contributed by atoms with E-state index in [-0.39, 0.29) is 30.2 Å². The molecule has 8 nitrogen and oxygen atoms in total. The van der Waals surface area contributed by atoms with Gasteiger partial charge in [-0.2, -0.15) is 0 Å². The van der Waals surface area contributed by atoms with Crippen LogP contribution in [0.4, 0.5) is 21.2 Å². The third-order valence-electron chi connectivity index (χ3n) is 5.02. The van der Waals surface area contributed by atoms with E-state index in [1.54, 1.807) is 30.3 Å². The molecule has 4 N–H and O–H groups in total. The van der Waals surface area contributed by atoms with Crippen LogP contribution in [0.2, 0.25) is 0 Å². The van der Waals surface area contributed by atoms with Crippen molar-refractivity contribution in [1.29, 1.82) is 0 Å². The Labute approximate surface area is 206 Å². The zero-order valence-corrected chi connectivity index (χ0v) is 20.0. The standard InChI is InChI=1S/C26H24N4O4S/c1-16-6-3-8-19(12-16)28-26(33)29-20-9-4-7-18(14-20)15-27-25(32)23-17(2)13-22(35-23)30-24(31)21-10-5-11-34-21/h3-14H,15H2,1-2H3,(H,27,32)(H,30,31)(H2,28,29,33). The highest BCUT2D eigenvalue weighted by Gasteiger charge is 2.16. The third kappa shape index (κ3) is 6.36. The predicted molar refractivity (Wildman–Crippen MR) is 137 cm³/mol. The van der Waals surface area contributed by atoms with Crippen LogP contribution in [0.25, 0.3) is 0 Å². The molecule has 4 amide bonds. The van der Waals surface area contributed by atoms with E-state index < -0.39 is 0 Å². The van der Waals surface area contributed by atoms with Gasteiger partial charge in [-0.05, 0) is 73.0 Å². The maximum atomic E-state index is 12.7. The van der Waals surface area contributed by atoms with Gasteiger partial charge >= 0.3 is 6.03 Å². The summed E-state index contributed by atoms with van der Waals surface area (Å²) in [5.74, 6) is -0.427. The maximum absolute atomic E-state index is 12.7. The van der Waals surface area contributed by atoms with Crippen molar-refractivity contribution in [3.8, 4) is 0 Å². The average Bonchev–Trinajstić information content (AvgIpc) is 3.48. The average molecular weight is 489 g/mol. The minimum absolute atomic E-state index is 0.197. The predicted octanol–water partition coefficient (Wildman–Crippen LogP) is 5.78. The first-order valence-electron chi connectivity index (χ1n) is 10.8. The van der Waals surface area contributed by atoms with Gasteiger partial charge in [0.15, 0.2) is 5.76 Å². The first-order chi connectivity index (χ1) is 16.9. The number of hydrogen-bond donors (Lipinski definition) is 4. The molecule has 9 heteroatoms. The van der Waals surface area contributed by atoms with Crippen LogP contribution in [0.15, 0.2) is 77.4 Å². The Morgan fingerprint density at radius 2 is 1.57 bits per heavy atom. The summed E-state index contributed by atoms with van der Waals surface area (Å²) in [6, 6.07) is 19.4. The quantitative estimate of drug-likeness (QED) is 0.264. The van der Waals surface area contributed by atoms with Gasteiger partial charge < -0.3 is 25.7 Å². The fourth-order valence-electron chi connectivity index (χ4n) is 3.39. The van der Waals surface area contributed by atoms with Crippen LogP contribution in [0.1, 0.15) is 36.9 Å². The normalized spacial score (nSPS) is 10.5. The molecule has 0 saturated heterocycles. The van der Waals surface area contributed by atoms with Crippen LogP contribution >= 0.6 is 11.3 Å². The number of rotatable bonds is 7. The van der Waals surface area contributed by atoms with Crippen LogP contribution in [0.5, 0.6) is 0 Å². The van der Waals surface area contributed by atoms with E-state index in [9.17, 15) is 14.4 Å². The molecule has 2 heterocycles. The van der Waals surface area contributed by atoms with Crippen LogP contribution < -0.4 is 21.3 Å². The Morgan fingerprint density at radius 3 is 2.29 bits per heavy atom. The Balaban J connectivity index is 1.33. The molecule has 0 bridgehead atoms. The van der Waals surface area contributed by atoms with Crippen molar-refractivity contribution < 1.29 is 18.8 Å². The largest absolute Gasteiger partial charge is 0.459 e. The molecular formula is C26H24N4O4S. The first kappa shape index (κ1) is 23.8. The van der Waals surface area contributed by atoms with Crippen LogP contribution in [-0.2, 0) is 6.54 Å². The van der Waals surface area contributed by atoms with E-state index in [0.29, 0.717) is 21.3 Å². The fraction of sp³-hybridized carbons (Fsp3) is 0.115. The second kappa shape index (κ2) is 10.7. The molecule has 35 heavy (non-hydrogen) atoms. The lowest BCUT2D eigenvalue weighted by Gasteiger charge is -2.10. The molecule has 0 spiro atoms. The molecule has 0 aliphatic rings. The monoisotopic (exact) mass is 488 g/mol. The van der Waals surface area contributed by atoms with Gasteiger partial charge in [0.2, 0.25) is 0 Å². The second-order valence-electron chi connectivity index (χ2n) is 7.89. The van der Waals surface area contributed by atoms with Gasteiger partial charge in [0.1, 0.15) is 0 Å². The summed E-state index contributed by atoms with van der Waals surface area (Å²) in [6.45, 7) is 4.04. The molecule has 4 rings (SSSR count). The number of amides is 4. The van der Waals surface area contributed by atoms with Gasteiger partial charge in [-0.1, -0.05) is 24.3 Å². The molecule has 178 valence electrons. The molecule has 2 aromatic carbocycles. The number of aryl methyl sites for hydroxylation is 2. The van der Waals surface area contributed by atoms with E-state index in [4.69, 9.17) is 4.42 Å². The summed E-state index contributed by atoms with van der Waals surface area (Å²) in [5, 5.41) is 11.8. The molecule has 0 aliphatic heterocycles. The van der Waals surface area contributed by atoms with Crippen LogP contribution in [-0.4, -0.2) is 17.8 Å². The summed E-state index contributed by atoms with van der Waals surface area (Å²) in [5.41, 5.74) is 3.94. The van der Waals surface area contributed by atoms with E-state index in [2.05, 4.69) is 21.3 Å². The lowest BCUT2D eigenvalue weighted by molar-refractivity contribution is 0.0953. The molecule has 0 saturated carbocycles. The summed E-state index contributed by atoms with van der Waals surface area (Å²) in [4.78, 5) is 37.7. The number of carbonyl (C=O) groups is 3. The number of furan rings is 1. The number of urea groups is 1. The molecule has 0 atom stereocenters. The van der Waals surface area contributed by atoms with Gasteiger partial charge in [0, 0.05) is 17.9 Å². The summed E-state index contributed by atoms with van der Waals surface area (Å²) < 4.78 is 5.09. The van der Waals surface area contributed by atoms with Crippen LogP contribution in [0.3, 0.4) is 0 Å². The van der Waals surface area contributed by atoms with Gasteiger partial charge in [-0.15, -0.1) is 11.3 Å². The summed E-state index contributed by atoms with van der Waals surface area (Å²) >= 11 is 1.19. The van der Waals surface area contributed by atoms with Crippen LogP contribution in [0, 0.1) is 13.8 Å². The van der Waals surface area contributed by atoms with Crippen molar-refractivity contribution in [3.05, 3.63) is 100 Å². The van der Waals surface area contributed by atoms with Crippen molar-refractivity contribution in [2.45, 2.75) is 20.4 Å². The molecule has 2 aromatic heterocycles. The highest BCUT2D eigenvalue weighted by atomic mass is 32.1.